The number of carbonyl (C=O) groups excluding carboxylic acids is 1. The number of ketones is 1. The minimum absolute atomic E-state index is 0.0124. The van der Waals surface area contributed by atoms with Gasteiger partial charge in [0, 0.05) is 17.9 Å². The summed E-state index contributed by atoms with van der Waals surface area (Å²) >= 11 is 0. The molecule has 3 aromatic carbocycles. The van der Waals surface area contributed by atoms with Crippen LogP contribution in [0.3, 0.4) is 0 Å². The van der Waals surface area contributed by atoms with E-state index in [1.165, 1.54) is 6.07 Å². The lowest BCUT2D eigenvalue weighted by Gasteiger charge is -2.26. The quantitative estimate of drug-likeness (QED) is 0.494. The van der Waals surface area contributed by atoms with E-state index in [9.17, 15) is 14.7 Å². The number of phenolic OH excluding ortho intramolecular Hbond substituents is 1. The number of Topliss-reactive ketones (excluding diaryl/α,β-unsaturated/α-hetero) is 1. The van der Waals surface area contributed by atoms with E-state index in [1.54, 1.807) is 12.1 Å². The maximum atomic E-state index is 13.2. The third-order valence-corrected chi connectivity index (χ3v) is 5.53. The summed E-state index contributed by atoms with van der Waals surface area (Å²) < 4.78 is 6.10. The number of hydrogen-bond donors (Lipinski definition) is 1. The average Bonchev–Trinajstić information content (AvgIpc) is 2.76. The SMILES string of the molecule is O=C1CC(c2ccccc2)/C(=C\c2ccccc2)c2oc3cccc(O)c3c(=O)c21. The third-order valence-electron chi connectivity index (χ3n) is 5.53. The van der Waals surface area contributed by atoms with Crippen molar-refractivity contribution in [3.8, 4) is 5.75 Å². The van der Waals surface area contributed by atoms with E-state index < -0.39 is 5.43 Å². The van der Waals surface area contributed by atoms with Crippen molar-refractivity contribution in [1.82, 2.24) is 0 Å². The highest BCUT2D eigenvalue weighted by Gasteiger charge is 2.35. The van der Waals surface area contributed by atoms with Gasteiger partial charge in [-0.3, -0.25) is 9.59 Å². The van der Waals surface area contributed by atoms with Crippen molar-refractivity contribution in [3.63, 3.8) is 0 Å². The molecule has 0 saturated heterocycles. The zero-order valence-corrected chi connectivity index (χ0v) is 16.0. The van der Waals surface area contributed by atoms with E-state index in [-0.39, 0.29) is 46.2 Å². The molecule has 0 fully saturated rings. The summed E-state index contributed by atoms with van der Waals surface area (Å²) in [6, 6.07) is 24.2. The van der Waals surface area contributed by atoms with Crippen LogP contribution in [0, 0.1) is 0 Å². The van der Waals surface area contributed by atoms with Gasteiger partial charge in [0.05, 0.1) is 0 Å². The molecule has 146 valence electrons. The van der Waals surface area contributed by atoms with Crippen LogP contribution in [-0.4, -0.2) is 10.9 Å². The Morgan fingerprint density at radius 3 is 2.30 bits per heavy atom. The van der Waals surface area contributed by atoms with Crippen molar-refractivity contribution in [2.24, 2.45) is 0 Å². The standard InChI is InChI=1S/C26H18O4/c27-20-12-7-13-22-23(20)25(29)24-21(28)15-18(17-10-5-2-6-11-17)19(26(24)30-22)14-16-8-3-1-4-9-16/h1-14,18,27H,15H2/b19-14+. The predicted octanol–water partition coefficient (Wildman–Crippen LogP) is 5.41. The van der Waals surface area contributed by atoms with E-state index in [4.69, 9.17) is 4.42 Å². The summed E-state index contributed by atoms with van der Waals surface area (Å²) in [5.41, 5.74) is 2.51. The van der Waals surface area contributed by atoms with Gasteiger partial charge in [-0.1, -0.05) is 66.7 Å². The average molecular weight is 394 g/mol. The van der Waals surface area contributed by atoms with Crippen LogP contribution in [0.2, 0.25) is 0 Å². The first-order valence-corrected chi connectivity index (χ1v) is 9.77. The number of benzene rings is 3. The van der Waals surface area contributed by atoms with Gasteiger partial charge >= 0.3 is 0 Å². The first kappa shape index (κ1) is 18.1. The van der Waals surface area contributed by atoms with E-state index in [1.807, 2.05) is 66.7 Å². The Balaban J connectivity index is 1.83. The number of rotatable bonds is 2. The molecule has 0 aliphatic heterocycles. The number of carbonyl (C=O) groups is 1. The summed E-state index contributed by atoms with van der Waals surface area (Å²) in [6.07, 6.45) is 2.14. The molecule has 1 heterocycles. The van der Waals surface area contributed by atoms with Crippen LogP contribution in [-0.2, 0) is 0 Å². The maximum Gasteiger partial charge on any atom is 0.207 e. The lowest BCUT2D eigenvalue weighted by Crippen LogP contribution is -2.25. The molecule has 1 unspecified atom stereocenters. The molecule has 0 saturated carbocycles. The van der Waals surface area contributed by atoms with Gasteiger partial charge < -0.3 is 9.52 Å². The fraction of sp³-hybridized carbons (Fsp3) is 0.0769. The molecular weight excluding hydrogens is 376 g/mol. The van der Waals surface area contributed by atoms with Gasteiger partial charge in [0.25, 0.3) is 0 Å². The van der Waals surface area contributed by atoms with Gasteiger partial charge in [0.2, 0.25) is 5.43 Å². The molecule has 1 atom stereocenters. The molecule has 30 heavy (non-hydrogen) atoms. The summed E-state index contributed by atoms with van der Waals surface area (Å²) in [7, 11) is 0. The number of aromatic hydroxyl groups is 1. The topological polar surface area (TPSA) is 67.5 Å². The molecule has 1 aliphatic carbocycles. The molecule has 4 aromatic rings. The molecule has 4 nitrogen and oxygen atoms in total. The fourth-order valence-electron chi connectivity index (χ4n) is 4.11. The Kier molecular flexibility index (Phi) is 4.32. The first-order chi connectivity index (χ1) is 14.6. The van der Waals surface area contributed by atoms with Crippen molar-refractivity contribution < 1.29 is 14.3 Å². The lowest BCUT2D eigenvalue weighted by molar-refractivity contribution is 0.0971. The molecule has 0 spiro atoms. The van der Waals surface area contributed by atoms with Crippen molar-refractivity contribution in [2.75, 3.05) is 0 Å². The zero-order valence-electron chi connectivity index (χ0n) is 16.0. The summed E-state index contributed by atoms with van der Waals surface area (Å²) in [6.45, 7) is 0. The Labute approximate surface area is 172 Å². The second-order valence-electron chi connectivity index (χ2n) is 7.39. The van der Waals surface area contributed by atoms with Crippen LogP contribution in [0.15, 0.2) is 88.1 Å². The third kappa shape index (κ3) is 2.94. The van der Waals surface area contributed by atoms with E-state index >= 15 is 0 Å². The van der Waals surface area contributed by atoms with Gasteiger partial charge in [-0.05, 0) is 29.3 Å². The number of phenols is 1. The van der Waals surface area contributed by atoms with Crippen LogP contribution in [0.1, 0.15) is 39.6 Å². The molecule has 5 rings (SSSR count). The van der Waals surface area contributed by atoms with Crippen molar-refractivity contribution in [1.29, 1.82) is 0 Å². The van der Waals surface area contributed by atoms with Crippen molar-refractivity contribution >= 4 is 28.4 Å². The highest BCUT2D eigenvalue weighted by atomic mass is 16.3. The largest absolute Gasteiger partial charge is 0.507 e. The number of allylic oxidation sites excluding steroid dienone is 1. The monoisotopic (exact) mass is 394 g/mol. The summed E-state index contributed by atoms with van der Waals surface area (Å²) in [4.78, 5) is 26.3. The lowest BCUT2D eigenvalue weighted by atomic mass is 9.77. The van der Waals surface area contributed by atoms with Crippen LogP contribution in [0.25, 0.3) is 22.6 Å². The molecule has 0 amide bonds. The van der Waals surface area contributed by atoms with Crippen LogP contribution < -0.4 is 5.43 Å². The molecule has 0 bridgehead atoms. The first-order valence-electron chi connectivity index (χ1n) is 9.77. The number of fused-ring (bicyclic) bond motifs is 2. The van der Waals surface area contributed by atoms with E-state index in [2.05, 4.69) is 0 Å². The second-order valence-corrected chi connectivity index (χ2v) is 7.39. The van der Waals surface area contributed by atoms with Crippen LogP contribution in [0.5, 0.6) is 5.75 Å². The smallest absolute Gasteiger partial charge is 0.207 e. The Morgan fingerprint density at radius 1 is 0.867 bits per heavy atom. The predicted molar refractivity (Wildman–Crippen MR) is 117 cm³/mol. The van der Waals surface area contributed by atoms with Crippen molar-refractivity contribution in [2.45, 2.75) is 12.3 Å². The summed E-state index contributed by atoms with van der Waals surface area (Å²) in [5.74, 6) is -0.407. The maximum absolute atomic E-state index is 13.2. The minimum Gasteiger partial charge on any atom is -0.507 e. The molecule has 0 radical (unpaired) electrons. The van der Waals surface area contributed by atoms with Gasteiger partial charge in [-0.25, -0.2) is 0 Å². The van der Waals surface area contributed by atoms with E-state index in [0.29, 0.717) is 0 Å². The minimum atomic E-state index is -0.486. The van der Waals surface area contributed by atoms with Crippen LogP contribution in [0.4, 0.5) is 0 Å². The second kappa shape index (κ2) is 7.16. The highest BCUT2D eigenvalue weighted by molar-refractivity contribution is 6.08. The van der Waals surface area contributed by atoms with Gasteiger partial charge in [-0.15, -0.1) is 0 Å². The van der Waals surface area contributed by atoms with Gasteiger partial charge in [-0.2, -0.15) is 0 Å². The fourth-order valence-corrected chi connectivity index (χ4v) is 4.11. The van der Waals surface area contributed by atoms with Gasteiger partial charge in [0.15, 0.2) is 5.78 Å². The van der Waals surface area contributed by atoms with Gasteiger partial charge in [0.1, 0.15) is 28.0 Å². The molecule has 4 heteroatoms. The number of hydrogen-bond acceptors (Lipinski definition) is 4. The van der Waals surface area contributed by atoms with E-state index in [0.717, 1.165) is 16.7 Å². The molecule has 1 N–H and O–H groups in total. The molecule has 1 aromatic heterocycles. The van der Waals surface area contributed by atoms with Crippen LogP contribution >= 0.6 is 0 Å². The Morgan fingerprint density at radius 2 is 1.57 bits per heavy atom. The Hall–Kier alpha value is -3.92. The highest BCUT2D eigenvalue weighted by Crippen LogP contribution is 2.43. The summed E-state index contributed by atoms with van der Waals surface area (Å²) in [5, 5.41) is 10.2. The van der Waals surface area contributed by atoms with Crippen molar-refractivity contribution in [3.05, 3.63) is 112 Å². The zero-order chi connectivity index (χ0) is 20.7. The Bertz CT molecular complexity index is 1350. The molecular formula is C26H18O4. The normalized spacial score (nSPS) is 17.3. The molecule has 1 aliphatic rings.